The predicted molar refractivity (Wildman–Crippen MR) is 83.8 cm³/mol. The second kappa shape index (κ2) is 5.74. The van der Waals surface area contributed by atoms with Crippen molar-refractivity contribution in [1.29, 1.82) is 0 Å². The van der Waals surface area contributed by atoms with Crippen molar-refractivity contribution >= 4 is 33.4 Å². The van der Waals surface area contributed by atoms with Gasteiger partial charge in [-0.25, -0.2) is 0 Å². The number of halogens is 1. The number of thioether (sulfide) groups is 1. The van der Waals surface area contributed by atoms with Crippen molar-refractivity contribution in [1.82, 2.24) is 0 Å². The maximum Gasteiger partial charge on any atom is 0.133 e. The Kier molecular flexibility index (Phi) is 4.49. The van der Waals surface area contributed by atoms with Crippen LogP contribution >= 0.6 is 27.7 Å². The van der Waals surface area contributed by atoms with Gasteiger partial charge in [-0.1, -0.05) is 13.8 Å². The van der Waals surface area contributed by atoms with E-state index in [1.807, 2.05) is 17.8 Å². The average Bonchev–Trinajstić information content (AvgIpc) is 2.32. The summed E-state index contributed by atoms with van der Waals surface area (Å²) in [5, 5.41) is 3.66. The highest BCUT2D eigenvalue weighted by molar-refractivity contribution is 9.10. The summed E-state index contributed by atoms with van der Waals surface area (Å²) in [4.78, 5) is 0. The third kappa shape index (κ3) is 3.15. The Bertz CT molecular complexity index is 422. The number of ether oxygens (including phenoxy) is 1. The van der Waals surface area contributed by atoms with Gasteiger partial charge in [0, 0.05) is 17.5 Å². The quantitative estimate of drug-likeness (QED) is 0.887. The number of methoxy groups -OCH3 is 1. The molecule has 1 aliphatic heterocycles. The van der Waals surface area contributed by atoms with Crippen molar-refractivity contribution < 1.29 is 4.74 Å². The lowest BCUT2D eigenvalue weighted by Crippen LogP contribution is -2.41. The minimum Gasteiger partial charge on any atom is -0.496 e. The minimum atomic E-state index is 0.359. The van der Waals surface area contributed by atoms with Gasteiger partial charge >= 0.3 is 0 Å². The van der Waals surface area contributed by atoms with Crippen molar-refractivity contribution in [3.8, 4) is 5.75 Å². The fraction of sp³-hybridized carbons (Fsp3) is 0.571. The van der Waals surface area contributed by atoms with E-state index in [-0.39, 0.29) is 0 Å². The van der Waals surface area contributed by atoms with Crippen LogP contribution in [0.4, 0.5) is 5.69 Å². The third-order valence-electron chi connectivity index (χ3n) is 3.61. The van der Waals surface area contributed by atoms with Gasteiger partial charge in [-0.15, -0.1) is 0 Å². The van der Waals surface area contributed by atoms with Crippen molar-refractivity contribution in [2.45, 2.75) is 26.3 Å². The maximum absolute atomic E-state index is 5.25. The van der Waals surface area contributed by atoms with Crippen LogP contribution in [0, 0.1) is 5.41 Å². The fourth-order valence-corrected chi connectivity index (χ4v) is 4.28. The number of hydrogen-bond donors (Lipinski definition) is 1. The molecule has 0 radical (unpaired) electrons. The first-order valence-corrected chi connectivity index (χ1v) is 8.15. The number of rotatable bonds is 3. The second-order valence-electron chi connectivity index (χ2n) is 5.36. The highest BCUT2D eigenvalue weighted by Crippen LogP contribution is 2.37. The second-order valence-corrected chi connectivity index (χ2v) is 7.36. The summed E-state index contributed by atoms with van der Waals surface area (Å²) in [6.07, 6.45) is 1.27. The van der Waals surface area contributed by atoms with E-state index in [9.17, 15) is 0 Å². The van der Waals surface area contributed by atoms with Crippen molar-refractivity contribution in [2.24, 2.45) is 5.41 Å². The van der Waals surface area contributed by atoms with Gasteiger partial charge in [-0.05, 0) is 51.7 Å². The molecule has 1 atom stereocenters. The first kappa shape index (κ1) is 14.1. The van der Waals surface area contributed by atoms with Crippen LogP contribution < -0.4 is 10.1 Å². The molecule has 1 aliphatic rings. The molecule has 1 aromatic carbocycles. The van der Waals surface area contributed by atoms with E-state index in [2.05, 4.69) is 47.2 Å². The van der Waals surface area contributed by atoms with E-state index < -0.39 is 0 Å². The van der Waals surface area contributed by atoms with Crippen LogP contribution in [0.3, 0.4) is 0 Å². The van der Waals surface area contributed by atoms with Gasteiger partial charge in [0.2, 0.25) is 0 Å². The number of nitrogens with one attached hydrogen (secondary N) is 1. The molecule has 0 bridgehead atoms. The van der Waals surface area contributed by atoms with Gasteiger partial charge in [-0.3, -0.25) is 0 Å². The van der Waals surface area contributed by atoms with E-state index in [1.54, 1.807) is 7.11 Å². The summed E-state index contributed by atoms with van der Waals surface area (Å²) < 4.78 is 6.25. The average molecular weight is 330 g/mol. The molecule has 1 N–H and O–H groups in total. The van der Waals surface area contributed by atoms with Gasteiger partial charge < -0.3 is 10.1 Å². The molecule has 1 aromatic rings. The molecule has 18 heavy (non-hydrogen) atoms. The van der Waals surface area contributed by atoms with Crippen molar-refractivity contribution in [3.05, 3.63) is 22.7 Å². The zero-order valence-corrected chi connectivity index (χ0v) is 13.5. The summed E-state index contributed by atoms with van der Waals surface area (Å²) in [6, 6.07) is 6.69. The van der Waals surface area contributed by atoms with E-state index in [4.69, 9.17) is 4.74 Å². The smallest absolute Gasteiger partial charge is 0.133 e. The Morgan fingerprint density at radius 3 is 2.83 bits per heavy atom. The van der Waals surface area contributed by atoms with Crippen molar-refractivity contribution in [3.63, 3.8) is 0 Å². The zero-order valence-electron chi connectivity index (χ0n) is 11.1. The molecule has 0 aliphatic carbocycles. The molecular weight excluding hydrogens is 310 g/mol. The Hall–Kier alpha value is -0.350. The molecule has 4 heteroatoms. The molecule has 0 spiro atoms. The van der Waals surface area contributed by atoms with Crippen LogP contribution in [0.15, 0.2) is 22.7 Å². The fourth-order valence-electron chi connectivity index (χ4n) is 2.13. The Morgan fingerprint density at radius 2 is 2.22 bits per heavy atom. The predicted octanol–water partition coefficient (Wildman–Crippen LogP) is 4.40. The van der Waals surface area contributed by atoms with E-state index >= 15 is 0 Å². The Labute approximate surface area is 122 Å². The van der Waals surface area contributed by atoms with Crippen LogP contribution in [-0.4, -0.2) is 24.7 Å². The molecular formula is C14H20BrNOS. The monoisotopic (exact) mass is 329 g/mol. The molecule has 2 rings (SSSR count). The highest BCUT2D eigenvalue weighted by Gasteiger charge is 2.32. The maximum atomic E-state index is 5.25. The summed E-state index contributed by atoms with van der Waals surface area (Å²) in [5.74, 6) is 3.33. The van der Waals surface area contributed by atoms with Gasteiger partial charge in [-0.2, -0.15) is 11.8 Å². The molecule has 0 aromatic heterocycles. The van der Waals surface area contributed by atoms with Crippen LogP contribution in [0.25, 0.3) is 0 Å². The molecule has 100 valence electrons. The molecule has 1 fully saturated rings. The largest absolute Gasteiger partial charge is 0.496 e. The minimum absolute atomic E-state index is 0.359. The van der Waals surface area contributed by atoms with E-state index in [1.165, 1.54) is 17.9 Å². The molecule has 1 unspecified atom stereocenters. The lowest BCUT2D eigenvalue weighted by atomic mass is 9.82. The Morgan fingerprint density at radius 1 is 1.44 bits per heavy atom. The molecule has 1 saturated heterocycles. The SMILES string of the molecule is COc1ccc(NC2CSCCC2(C)C)cc1Br. The molecule has 0 saturated carbocycles. The topological polar surface area (TPSA) is 21.3 Å². The normalized spacial score (nSPS) is 22.6. The summed E-state index contributed by atoms with van der Waals surface area (Å²) >= 11 is 5.57. The third-order valence-corrected chi connectivity index (χ3v) is 5.29. The Balaban J connectivity index is 2.11. The zero-order chi connectivity index (χ0) is 13.2. The van der Waals surface area contributed by atoms with E-state index in [0.29, 0.717) is 11.5 Å². The standard InChI is InChI=1S/C14H20BrNOS/c1-14(2)6-7-18-9-13(14)16-10-4-5-12(17-3)11(15)8-10/h4-5,8,13,16H,6-7,9H2,1-3H3. The van der Waals surface area contributed by atoms with Gasteiger partial charge in [0.05, 0.1) is 11.6 Å². The number of benzene rings is 1. The highest BCUT2D eigenvalue weighted by atomic mass is 79.9. The van der Waals surface area contributed by atoms with Crippen molar-refractivity contribution in [2.75, 3.05) is 23.9 Å². The summed E-state index contributed by atoms with van der Waals surface area (Å²) in [5.41, 5.74) is 1.51. The first-order chi connectivity index (χ1) is 8.53. The lowest BCUT2D eigenvalue weighted by molar-refractivity contribution is 0.305. The summed E-state index contributed by atoms with van der Waals surface area (Å²) in [7, 11) is 1.69. The number of hydrogen-bond acceptors (Lipinski definition) is 3. The van der Waals surface area contributed by atoms with Gasteiger partial charge in [0.15, 0.2) is 0 Å². The van der Waals surface area contributed by atoms with Crippen LogP contribution in [0.5, 0.6) is 5.75 Å². The summed E-state index contributed by atoms with van der Waals surface area (Å²) in [6.45, 7) is 4.70. The van der Waals surface area contributed by atoms with Crippen LogP contribution in [0.1, 0.15) is 20.3 Å². The van der Waals surface area contributed by atoms with E-state index in [0.717, 1.165) is 15.9 Å². The van der Waals surface area contributed by atoms with Crippen LogP contribution in [0.2, 0.25) is 0 Å². The van der Waals surface area contributed by atoms with Crippen LogP contribution in [-0.2, 0) is 0 Å². The first-order valence-electron chi connectivity index (χ1n) is 6.21. The molecule has 2 nitrogen and oxygen atoms in total. The number of anilines is 1. The lowest BCUT2D eigenvalue weighted by Gasteiger charge is -2.39. The molecule has 0 amide bonds. The van der Waals surface area contributed by atoms with Gasteiger partial charge in [0.25, 0.3) is 0 Å². The van der Waals surface area contributed by atoms with Gasteiger partial charge in [0.1, 0.15) is 5.75 Å². The molecule has 1 heterocycles.